The van der Waals surface area contributed by atoms with Crippen molar-refractivity contribution in [1.82, 2.24) is 10.2 Å². The van der Waals surface area contributed by atoms with Gasteiger partial charge in [-0.15, -0.1) is 0 Å². The molecule has 1 aliphatic rings. The van der Waals surface area contributed by atoms with Gasteiger partial charge in [-0.25, -0.2) is 4.39 Å². The third-order valence-electron chi connectivity index (χ3n) is 2.95. The van der Waals surface area contributed by atoms with E-state index in [9.17, 15) is 9.18 Å². The molecular formula is C14H17FN2O. The average Bonchev–Trinajstić information content (AvgIpc) is 2.36. The molecule has 1 saturated heterocycles. The number of hydrogen-bond acceptors (Lipinski definition) is 2. The molecule has 2 rings (SSSR count). The van der Waals surface area contributed by atoms with E-state index < -0.39 is 0 Å². The predicted molar refractivity (Wildman–Crippen MR) is 69.5 cm³/mol. The summed E-state index contributed by atoms with van der Waals surface area (Å²) in [5, 5.41) is 3.28. The zero-order valence-electron chi connectivity index (χ0n) is 10.4. The number of amides is 1. The smallest absolute Gasteiger partial charge is 0.246 e. The first-order chi connectivity index (χ1) is 8.65. The number of nitrogens with one attached hydrogen (secondary N) is 1. The Kier molecular flexibility index (Phi) is 4.10. The Bertz CT molecular complexity index is 459. The fourth-order valence-electron chi connectivity index (χ4n) is 2.02. The van der Waals surface area contributed by atoms with E-state index in [1.807, 2.05) is 0 Å². The average molecular weight is 248 g/mol. The lowest BCUT2D eigenvalue weighted by molar-refractivity contribution is -0.127. The van der Waals surface area contributed by atoms with Crippen molar-refractivity contribution in [3.63, 3.8) is 0 Å². The molecular weight excluding hydrogens is 231 g/mol. The van der Waals surface area contributed by atoms with E-state index in [0.29, 0.717) is 18.2 Å². The molecule has 0 bridgehead atoms. The summed E-state index contributed by atoms with van der Waals surface area (Å²) in [4.78, 5) is 13.7. The van der Waals surface area contributed by atoms with Gasteiger partial charge in [0.25, 0.3) is 0 Å². The first kappa shape index (κ1) is 12.8. The first-order valence-corrected chi connectivity index (χ1v) is 6.11. The molecule has 1 fully saturated rings. The topological polar surface area (TPSA) is 32.3 Å². The molecule has 1 unspecified atom stereocenters. The molecule has 0 radical (unpaired) electrons. The largest absolute Gasteiger partial charge is 0.336 e. The molecule has 1 aromatic rings. The Morgan fingerprint density at radius 2 is 2.39 bits per heavy atom. The van der Waals surface area contributed by atoms with Crippen molar-refractivity contribution in [2.24, 2.45) is 0 Å². The summed E-state index contributed by atoms with van der Waals surface area (Å²) in [7, 11) is 0. The normalized spacial score (nSPS) is 20.3. The van der Waals surface area contributed by atoms with Crippen LogP contribution in [0.5, 0.6) is 0 Å². The lowest BCUT2D eigenvalue weighted by Crippen LogP contribution is -2.50. The molecule has 96 valence electrons. The van der Waals surface area contributed by atoms with Crippen LogP contribution >= 0.6 is 0 Å². The summed E-state index contributed by atoms with van der Waals surface area (Å²) >= 11 is 0. The second-order valence-corrected chi connectivity index (χ2v) is 4.53. The van der Waals surface area contributed by atoms with Gasteiger partial charge < -0.3 is 10.2 Å². The van der Waals surface area contributed by atoms with Crippen LogP contribution < -0.4 is 5.32 Å². The van der Waals surface area contributed by atoms with Crippen molar-refractivity contribution >= 4 is 12.0 Å². The van der Waals surface area contributed by atoms with Crippen molar-refractivity contribution in [2.75, 3.05) is 19.6 Å². The molecule has 0 spiro atoms. The van der Waals surface area contributed by atoms with Crippen LogP contribution in [0.4, 0.5) is 4.39 Å². The zero-order chi connectivity index (χ0) is 13.0. The minimum atomic E-state index is -0.291. The van der Waals surface area contributed by atoms with E-state index in [1.165, 1.54) is 18.2 Å². The minimum absolute atomic E-state index is 0.0207. The fraction of sp³-hybridized carbons (Fsp3) is 0.357. The summed E-state index contributed by atoms with van der Waals surface area (Å²) in [6, 6.07) is 6.52. The van der Waals surface area contributed by atoms with E-state index >= 15 is 0 Å². The lowest BCUT2D eigenvalue weighted by atomic mass is 10.2. The maximum Gasteiger partial charge on any atom is 0.246 e. The van der Waals surface area contributed by atoms with Gasteiger partial charge in [-0.3, -0.25) is 4.79 Å². The zero-order valence-corrected chi connectivity index (χ0v) is 10.4. The maximum atomic E-state index is 13.0. The van der Waals surface area contributed by atoms with Crippen molar-refractivity contribution in [3.8, 4) is 0 Å². The number of carbonyl (C=O) groups is 1. The summed E-state index contributed by atoms with van der Waals surface area (Å²) in [6.07, 6.45) is 3.16. The fourth-order valence-corrected chi connectivity index (χ4v) is 2.02. The predicted octanol–water partition coefficient (Wildman–Crippen LogP) is 1.66. The van der Waals surface area contributed by atoms with Crippen LogP contribution in [0.1, 0.15) is 12.5 Å². The molecule has 3 nitrogen and oxygen atoms in total. The van der Waals surface area contributed by atoms with Crippen LogP contribution in [-0.2, 0) is 4.79 Å². The molecule has 1 amide bonds. The van der Waals surface area contributed by atoms with Crippen molar-refractivity contribution < 1.29 is 9.18 Å². The molecule has 0 aromatic heterocycles. The Hall–Kier alpha value is -1.68. The van der Waals surface area contributed by atoms with Gasteiger partial charge in [0.2, 0.25) is 5.91 Å². The number of carbonyl (C=O) groups excluding carboxylic acids is 1. The van der Waals surface area contributed by atoms with Crippen LogP contribution in [-0.4, -0.2) is 36.5 Å². The highest BCUT2D eigenvalue weighted by molar-refractivity contribution is 5.91. The number of rotatable bonds is 2. The molecule has 1 heterocycles. The van der Waals surface area contributed by atoms with Crippen LogP contribution in [0.2, 0.25) is 0 Å². The number of piperazine rings is 1. The first-order valence-electron chi connectivity index (χ1n) is 6.11. The highest BCUT2D eigenvalue weighted by Crippen LogP contribution is 2.07. The Balaban J connectivity index is 1.98. The van der Waals surface area contributed by atoms with E-state index in [1.54, 1.807) is 23.1 Å². The van der Waals surface area contributed by atoms with Gasteiger partial charge in [-0.2, -0.15) is 0 Å². The number of halogens is 1. The Morgan fingerprint density at radius 3 is 3.11 bits per heavy atom. The highest BCUT2D eigenvalue weighted by atomic mass is 19.1. The lowest BCUT2D eigenvalue weighted by Gasteiger charge is -2.31. The van der Waals surface area contributed by atoms with Gasteiger partial charge in [0.1, 0.15) is 5.82 Å². The molecule has 0 aliphatic carbocycles. The van der Waals surface area contributed by atoms with E-state index in [-0.39, 0.29) is 11.7 Å². The van der Waals surface area contributed by atoms with E-state index in [0.717, 1.165) is 13.1 Å². The van der Waals surface area contributed by atoms with Crippen LogP contribution in [0.3, 0.4) is 0 Å². The van der Waals surface area contributed by atoms with Crippen molar-refractivity contribution in [1.29, 1.82) is 0 Å². The van der Waals surface area contributed by atoms with Gasteiger partial charge in [0, 0.05) is 31.8 Å². The van der Waals surface area contributed by atoms with E-state index in [2.05, 4.69) is 12.2 Å². The summed E-state index contributed by atoms with van der Waals surface area (Å²) < 4.78 is 13.0. The molecule has 18 heavy (non-hydrogen) atoms. The number of hydrogen-bond donors (Lipinski definition) is 1. The number of benzene rings is 1. The van der Waals surface area contributed by atoms with Gasteiger partial charge in [0.05, 0.1) is 0 Å². The molecule has 1 atom stereocenters. The second-order valence-electron chi connectivity index (χ2n) is 4.53. The van der Waals surface area contributed by atoms with Crippen LogP contribution in [0.15, 0.2) is 30.3 Å². The Morgan fingerprint density at radius 1 is 1.56 bits per heavy atom. The van der Waals surface area contributed by atoms with Gasteiger partial charge in [0.15, 0.2) is 0 Å². The quantitative estimate of drug-likeness (QED) is 0.807. The summed E-state index contributed by atoms with van der Waals surface area (Å²) in [5.74, 6) is -0.312. The van der Waals surface area contributed by atoms with Crippen molar-refractivity contribution in [2.45, 2.75) is 13.0 Å². The van der Waals surface area contributed by atoms with E-state index in [4.69, 9.17) is 0 Å². The number of nitrogens with zero attached hydrogens (tertiary/aromatic N) is 1. The third kappa shape index (κ3) is 3.40. The second kappa shape index (κ2) is 5.78. The Labute approximate surface area is 106 Å². The molecule has 1 aromatic carbocycles. The standard InChI is InChI=1S/C14H17FN2O/c1-11-10-17(8-7-16-11)14(18)6-5-12-3-2-4-13(15)9-12/h2-6,9,11,16H,7-8,10H2,1H3/b6-5+. The molecule has 1 aliphatic heterocycles. The minimum Gasteiger partial charge on any atom is -0.336 e. The SMILES string of the molecule is CC1CN(C(=O)/C=C/c2cccc(F)c2)CCN1. The van der Waals surface area contributed by atoms with Gasteiger partial charge in [-0.05, 0) is 30.7 Å². The molecule has 1 N–H and O–H groups in total. The molecule has 4 heteroatoms. The van der Waals surface area contributed by atoms with Crippen molar-refractivity contribution in [3.05, 3.63) is 41.7 Å². The molecule has 0 saturated carbocycles. The monoisotopic (exact) mass is 248 g/mol. The summed E-state index contributed by atoms with van der Waals surface area (Å²) in [6.45, 7) is 4.30. The van der Waals surface area contributed by atoms with Gasteiger partial charge in [-0.1, -0.05) is 12.1 Å². The summed E-state index contributed by atoms with van der Waals surface area (Å²) in [5.41, 5.74) is 0.700. The van der Waals surface area contributed by atoms with Crippen LogP contribution in [0.25, 0.3) is 6.08 Å². The maximum absolute atomic E-state index is 13.0. The van der Waals surface area contributed by atoms with Crippen LogP contribution in [0, 0.1) is 5.82 Å². The highest BCUT2D eigenvalue weighted by Gasteiger charge is 2.18. The van der Waals surface area contributed by atoms with Gasteiger partial charge >= 0.3 is 0 Å². The third-order valence-corrected chi connectivity index (χ3v) is 2.95.